The van der Waals surface area contributed by atoms with Crippen molar-refractivity contribution in [2.45, 2.75) is 45.1 Å². The molecule has 3 N–H and O–H groups in total. The number of rotatable bonds is 3. The number of halogens is 1. The molecule has 1 aliphatic carbocycles. The second-order valence-electron chi connectivity index (χ2n) is 4.59. The van der Waals surface area contributed by atoms with Gasteiger partial charge in [-0.05, 0) is 25.7 Å². The van der Waals surface area contributed by atoms with E-state index in [0.717, 1.165) is 17.8 Å². The van der Waals surface area contributed by atoms with Gasteiger partial charge in [-0.2, -0.15) is 0 Å². The van der Waals surface area contributed by atoms with Gasteiger partial charge in [0, 0.05) is 12.5 Å². The zero-order valence-electron chi connectivity index (χ0n) is 10.4. The van der Waals surface area contributed by atoms with Crippen LogP contribution in [0.3, 0.4) is 0 Å². The van der Waals surface area contributed by atoms with E-state index in [-0.39, 0.29) is 24.4 Å². The molecule has 1 amide bonds. The highest BCUT2D eigenvalue weighted by Gasteiger charge is 2.24. The molecule has 1 saturated carbocycles. The van der Waals surface area contributed by atoms with Crippen LogP contribution in [0.2, 0.25) is 0 Å². The molecule has 0 bridgehead atoms. The van der Waals surface area contributed by atoms with Crippen molar-refractivity contribution in [2.24, 2.45) is 11.7 Å². The van der Waals surface area contributed by atoms with Crippen molar-refractivity contribution in [3.8, 4) is 0 Å². The fourth-order valence-electron chi connectivity index (χ4n) is 2.25. The van der Waals surface area contributed by atoms with Gasteiger partial charge in [0.2, 0.25) is 11.0 Å². The summed E-state index contributed by atoms with van der Waals surface area (Å²) in [5, 5.41) is 12.0. The minimum absolute atomic E-state index is 0. The zero-order chi connectivity index (χ0) is 12.3. The monoisotopic (exact) mass is 290 g/mol. The third-order valence-corrected chi connectivity index (χ3v) is 3.94. The number of aromatic nitrogens is 2. The Kier molecular flexibility index (Phi) is 5.98. The van der Waals surface area contributed by atoms with Gasteiger partial charge in [0.25, 0.3) is 0 Å². The van der Waals surface area contributed by atoms with Gasteiger partial charge in [-0.3, -0.25) is 4.79 Å². The summed E-state index contributed by atoms with van der Waals surface area (Å²) in [6, 6.07) is 0.172. The Hall–Kier alpha value is -0.720. The SMILES string of the molecule is Cc1nnc(NC(=O)CC2CCCCC2N)s1.Cl. The number of aryl methyl sites for hydroxylation is 1. The van der Waals surface area contributed by atoms with Crippen LogP contribution in [-0.2, 0) is 4.79 Å². The van der Waals surface area contributed by atoms with E-state index in [1.54, 1.807) is 0 Å². The molecule has 0 saturated heterocycles. The van der Waals surface area contributed by atoms with Gasteiger partial charge in [0.05, 0.1) is 0 Å². The second kappa shape index (κ2) is 7.01. The summed E-state index contributed by atoms with van der Waals surface area (Å²) < 4.78 is 0. The standard InChI is InChI=1S/C11H18N4OS.ClH/c1-7-14-15-11(17-7)13-10(16)6-8-4-2-3-5-9(8)12;/h8-9H,2-6,12H2,1H3,(H,13,15,16);1H. The van der Waals surface area contributed by atoms with Crippen LogP contribution in [-0.4, -0.2) is 22.1 Å². The van der Waals surface area contributed by atoms with E-state index in [2.05, 4.69) is 15.5 Å². The van der Waals surface area contributed by atoms with Crippen LogP contribution < -0.4 is 11.1 Å². The first-order chi connectivity index (χ1) is 8.15. The fourth-order valence-corrected chi connectivity index (χ4v) is 2.85. The van der Waals surface area contributed by atoms with Crippen molar-refractivity contribution in [3.05, 3.63) is 5.01 Å². The lowest BCUT2D eigenvalue weighted by molar-refractivity contribution is -0.117. The van der Waals surface area contributed by atoms with Crippen LogP contribution in [0, 0.1) is 12.8 Å². The summed E-state index contributed by atoms with van der Waals surface area (Å²) >= 11 is 1.39. The number of carbonyl (C=O) groups is 1. The maximum absolute atomic E-state index is 11.8. The van der Waals surface area contributed by atoms with Crippen LogP contribution in [0.1, 0.15) is 37.1 Å². The smallest absolute Gasteiger partial charge is 0.226 e. The lowest BCUT2D eigenvalue weighted by Gasteiger charge is -2.27. The molecule has 0 radical (unpaired) electrons. The molecule has 1 heterocycles. The summed E-state index contributed by atoms with van der Waals surface area (Å²) in [7, 11) is 0. The van der Waals surface area contributed by atoms with Crippen molar-refractivity contribution >= 4 is 34.8 Å². The average molecular weight is 291 g/mol. The molecule has 18 heavy (non-hydrogen) atoms. The molecule has 102 valence electrons. The predicted molar refractivity (Wildman–Crippen MR) is 75.1 cm³/mol. The summed E-state index contributed by atoms with van der Waals surface area (Å²) in [5.41, 5.74) is 6.02. The molecule has 1 aromatic heterocycles. The number of nitrogens with two attached hydrogens (primary N) is 1. The number of nitrogens with zero attached hydrogens (tertiary/aromatic N) is 2. The summed E-state index contributed by atoms with van der Waals surface area (Å²) in [6.45, 7) is 1.87. The minimum Gasteiger partial charge on any atom is -0.327 e. The largest absolute Gasteiger partial charge is 0.327 e. The Balaban J connectivity index is 0.00000162. The lowest BCUT2D eigenvalue weighted by atomic mass is 9.83. The summed E-state index contributed by atoms with van der Waals surface area (Å²) in [6.07, 6.45) is 4.97. The second-order valence-corrected chi connectivity index (χ2v) is 5.77. The van der Waals surface area contributed by atoms with Gasteiger partial charge < -0.3 is 11.1 Å². The third-order valence-electron chi connectivity index (χ3n) is 3.19. The maximum atomic E-state index is 11.8. The highest BCUT2D eigenvalue weighted by Crippen LogP contribution is 2.26. The predicted octanol–water partition coefficient (Wildman–Crippen LogP) is 2.11. The van der Waals surface area contributed by atoms with Crippen molar-refractivity contribution in [1.29, 1.82) is 0 Å². The molecule has 1 aliphatic rings. The Morgan fingerprint density at radius 2 is 2.17 bits per heavy atom. The number of anilines is 1. The number of nitrogens with one attached hydrogen (secondary N) is 1. The quantitative estimate of drug-likeness (QED) is 0.893. The van der Waals surface area contributed by atoms with E-state index in [4.69, 9.17) is 5.73 Å². The van der Waals surface area contributed by atoms with E-state index in [9.17, 15) is 4.79 Å². The molecule has 1 fully saturated rings. The van der Waals surface area contributed by atoms with Crippen molar-refractivity contribution in [3.63, 3.8) is 0 Å². The van der Waals surface area contributed by atoms with Gasteiger partial charge in [0.15, 0.2) is 0 Å². The van der Waals surface area contributed by atoms with Crippen molar-refractivity contribution < 1.29 is 4.79 Å². The van der Waals surface area contributed by atoms with E-state index in [0.29, 0.717) is 17.5 Å². The summed E-state index contributed by atoms with van der Waals surface area (Å²) in [4.78, 5) is 11.8. The molecular weight excluding hydrogens is 272 g/mol. The molecule has 1 aromatic rings. The van der Waals surface area contributed by atoms with E-state index in [1.807, 2.05) is 6.92 Å². The van der Waals surface area contributed by atoms with Gasteiger partial charge in [0.1, 0.15) is 5.01 Å². The number of hydrogen-bond donors (Lipinski definition) is 2. The third kappa shape index (κ3) is 4.19. The fraction of sp³-hybridized carbons (Fsp3) is 0.727. The normalized spacial score (nSPS) is 23.2. The molecule has 2 rings (SSSR count). The molecule has 0 aliphatic heterocycles. The van der Waals surface area contributed by atoms with E-state index >= 15 is 0 Å². The van der Waals surface area contributed by atoms with Crippen LogP contribution in [0.15, 0.2) is 0 Å². The van der Waals surface area contributed by atoms with Crippen molar-refractivity contribution in [1.82, 2.24) is 10.2 Å². The topological polar surface area (TPSA) is 80.9 Å². The Bertz CT molecular complexity index is 398. The van der Waals surface area contributed by atoms with Gasteiger partial charge in [-0.1, -0.05) is 24.2 Å². The number of carbonyl (C=O) groups excluding carboxylic acids is 1. The van der Waals surface area contributed by atoms with Crippen LogP contribution in [0.4, 0.5) is 5.13 Å². The average Bonchev–Trinajstić information content (AvgIpc) is 2.67. The number of hydrogen-bond acceptors (Lipinski definition) is 5. The Labute approximate surface area is 117 Å². The number of amides is 1. The van der Waals surface area contributed by atoms with Gasteiger partial charge >= 0.3 is 0 Å². The first kappa shape index (κ1) is 15.3. The minimum atomic E-state index is 0. The van der Waals surface area contributed by atoms with Gasteiger partial charge in [-0.25, -0.2) is 0 Å². The van der Waals surface area contributed by atoms with Crippen molar-refractivity contribution in [2.75, 3.05) is 5.32 Å². The molecule has 5 nitrogen and oxygen atoms in total. The molecule has 2 unspecified atom stereocenters. The zero-order valence-corrected chi connectivity index (χ0v) is 12.0. The van der Waals surface area contributed by atoms with Crippen LogP contribution in [0.25, 0.3) is 0 Å². The van der Waals surface area contributed by atoms with Gasteiger partial charge in [-0.15, -0.1) is 22.6 Å². The molecule has 2 atom stereocenters. The van der Waals surface area contributed by atoms with Crippen LogP contribution in [0.5, 0.6) is 0 Å². The highest BCUT2D eigenvalue weighted by atomic mass is 35.5. The maximum Gasteiger partial charge on any atom is 0.226 e. The van der Waals surface area contributed by atoms with Crippen LogP contribution >= 0.6 is 23.7 Å². The highest BCUT2D eigenvalue weighted by molar-refractivity contribution is 7.15. The molecule has 7 heteroatoms. The lowest BCUT2D eigenvalue weighted by Crippen LogP contribution is -2.35. The molecular formula is C11H19ClN4OS. The summed E-state index contributed by atoms with van der Waals surface area (Å²) in [5.74, 6) is 0.321. The Morgan fingerprint density at radius 1 is 1.44 bits per heavy atom. The Morgan fingerprint density at radius 3 is 2.78 bits per heavy atom. The molecule has 0 spiro atoms. The first-order valence-electron chi connectivity index (χ1n) is 6.00. The molecule has 0 aromatic carbocycles. The van der Waals surface area contributed by atoms with E-state index in [1.165, 1.54) is 24.2 Å². The first-order valence-corrected chi connectivity index (χ1v) is 6.82. The van der Waals surface area contributed by atoms with E-state index < -0.39 is 0 Å².